The molecule has 4 heterocycles. The SMILES string of the molecule is CC1=C(C(=O)Nc2cccnc2)[C@H](c2cccnc2)n2nc(-c3cccc(Cl)c3)nc2N1. The second kappa shape index (κ2) is 8.24. The average molecular weight is 444 g/mol. The number of pyridine rings is 2. The van der Waals surface area contributed by atoms with Gasteiger partial charge in [0.05, 0.1) is 17.5 Å². The second-order valence-electron chi connectivity index (χ2n) is 7.26. The number of carbonyl (C=O) groups is 1. The maximum absolute atomic E-state index is 13.4. The third kappa shape index (κ3) is 3.72. The molecule has 8 nitrogen and oxygen atoms in total. The van der Waals surface area contributed by atoms with Crippen LogP contribution in [-0.2, 0) is 4.79 Å². The van der Waals surface area contributed by atoms with Crippen molar-refractivity contribution in [2.24, 2.45) is 0 Å². The number of fused-ring (bicyclic) bond motifs is 1. The number of allylic oxidation sites excluding steroid dienone is 1. The van der Waals surface area contributed by atoms with Gasteiger partial charge in [0.15, 0.2) is 5.82 Å². The third-order valence-electron chi connectivity index (χ3n) is 5.10. The molecule has 9 heteroatoms. The van der Waals surface area contributed by atoms with Crippen LogP contribution in [0.4, 0.5) is 11.6 Å². The highest BCUT2D eigenvalue weighted by atomic mass is 35.5. The third-order valence-corrected chi connectivity index (χ3v) is 5.33. The van der Waals surface area contributed by atoms with Crippen molar-refractivity contribution in [3.8, 4) is 11.4 Å². The van der Waals surface area contributed by atoms with E-state index in [4.69, 9.17) is 16.7 Å². The van der Waals surface area contributed by atoms with Crippen LogP contribution >= 0.6 is 11.6 Å². The predicted octanol–water partition coefficient (Wildman–Crippen LogP) is 4.32. The summed E-state index contributed by atoms with van der Waals surface area (Å²) in [7, 11) is 0. The van der Waals surface area contributed by atoms with Crippen molar-refractivity contribution in [1.29, 1.82) is 0 Å². The van der Waals surface area contributed by atoms with Gasteiger partial charge in [-0.05, 0) is 42.8 Å². The lowest BCUT2D eigenvalue weighted by Gasteiger charge is -2.28. The summed E-state index contributed by atoms with van der Waals surface area (Å²) < 4.78 is 1.71. The highest BCUT2D eigenvalue weighted by Crippen LogP contribution is 2.36. The number of nitrogens with zero attached hydrogens (tertiary/aromatic N) is 5. The van der Waals surface area contributed by atoms with Crippen LogP contribution in [-0.4, -0.2) is 30.6 Å². The number of rotatable bonds is 4. The molecule has 1 atom stereocenters. The van der Waals surface area contributed by atoms with E-state index in [1.165, 1.54) is 0 Å². The topological polar surface area (TPSA) is 97.6 Å². The van der Waals surface area contributed by atoms with Gasteiger partial charge in [-0.3, -0.25) is 14.8 Å². The fourth-order valence-electron chi connectivity index (χ4n) is 3.68. The molecule has 5 rings (SSSR count). The van der Waals surface area contributed by atoms with Gasteiger partial charge in [0.25, 0.3) is 5.91 Å². The van der Waals surface area contributed by atoms with Crippen molar-refractivity contribution in [2.45, 2.75) is 13.0 Å². The molecule has 0 saturated heterocycles. The highest BCUT2D eigenvalue weighted by molar-refractivity contribution is 6.30. The van der Waals surface area contributed by atoms with Gasteiger partial charge in [0.2, 0.25) is 5.95 Å². The summed E-state index contributed by atoms with van der Waals surface area (Å²) in [5, 5.41) is 11.5. The normalized spacial score (nSPS) is 15.1. The Labute approximate surface area is 189 Å². The van der Waals surface area contributed by atoms with Crippen LogP contribution in [0.3, 0.4) is 0 Å². The predicted molar refractivity (Wildman–Crippen MR) is 122 cm³/mol. The first kappa shape index (κ1) is 19.9. The second-order valence-corrected chi connectivity index (χ2v) is 7.70. The number of benzene rings is 1. The molecule has 0 aliphatic carbocycles. The zero-order valence-electron chi connectivity index (χ0n) is 17.0. The number of hydrogen-bond donors (Lipinski definition) is 2. The largest absolute Gasteiger partial charge is 0.328 e. The monoisotopic (exact) mass is 443 g/mol. The minimum atomic E-state index is -0.517. The average Bonchev–Trinajstić information content (AvgIpc) is 3.23. The van der Waals surface area contributed by atoms with Crippen LogP contribution in [0.1, 0.15) is 18.5 Å². The first-order valence-electron chi connectivity index (χ1n) is 9.92. The van der Waals surface area contributed by atoms with Gasteiger partial charge in [0.1, 0.15) is 6.04 Å². The molecule has 0 spiro atoms. The number of carbonyl (C=O) groups excluding carboxylic acids is 1. The van der Waals surface area contributed by atoms with Gasteiger partial charge in [-0.15, -0.1) is 5.10 Å². The summed E-state index contributed by atoms with van der Waals surface area (Å²) in [5.74, 6) is 0.775. The molecule has 1 aliphatic heterocycles. The number of halogens is 1. The van der Waals surface area contributed by atoms with E-state index in [1.54, 1.807) is 53.7 Å². The van der Waals surface area contributed by atoms with Gasteiger partial charge < -0.3 is 10.6 Å². The van der Waals surface area contributed by atoms with E-state index in [0.717, 1.165) is 11.1 Å². The minimum absolute atomic E-state index is 0.262. The van der Waals surface area contributed by atoms with Crippen LogP contribution < -0.4 is 10.6 Å². The summed E-state index contributed by atoms with van der Waals surface area (Å²) in [4.78, 5) is 26.3. The molecule has 1 aliphatic rings. The fourth-order valence-corrected chi connectivity index (χ4v) is 3.87. The molecule has 0 saturated carbocycles. The van der Waals surface area contributed by atoms with Gasteiger partial charge in [-0.2, -0.15) is 4.98 Å². The van der Waals surface area contributed by atoms with E-state index in [9.17, 15) is 4.79 Å². The molecule has 0 fully saturated rings. The number of nitrogens with one attached hydrogen (secondary N) is 2. The molecule has 0 unspecified atom stereocenters. The Balaban J connectivity index is 1.60. The van der Waals surface area contributed by atoms with Gasteiger partial charge in [-0.25, -0.2) is 4.68 Å². The van der Waals surface area contributed by atoms with Crippen molar-refractivity contribution in [3.05, 3.63) is 95.2 Å². The lowest BCUT2D eigenvalue weighted by Crippen LogP contribution is -2.31. The first-order chi connectivity index (χ1) is 15.6. The fraction of sp³-hybridized carbons (Fsp3) is 0.0870. The molecule has 4 aromatic rings. The van der Waals surface area contributed by atoms with Crippen LogP contribution in [0.15, 0.2) is 84.6 Å². The van der Waals surface area contributed by atoms with Crippen LogP contribution in [0.5, 0.6) is 0 Å². The molecule has 32 heavy (non-hydrogen) atoms. The molecule has 3 aromatic heterocycles. The molecule has 1 amide bonds. The lowest BCUT2D eigenvalue weighted by atomic mass is 9.96. The Kier molecular flexibility index (Phi) is 5.12. The van der Waals surface area contributed by atoms with Crippen LogP contribution in [0.2, 0.25) is 5.02 Å². The molecular formula is C23H18ClN7O. The van der Waals surface area contributed by atoms with E-state index >= 15 is 0 Å². The van der Waals surface area contributed by atoms with E-state index < -0.39 is 6.04 Å². The van der Waals surface area contributed by atoms with Crippen molar-refractivity contribution in [2.75, 3.05) is 10.6 Å². The van der Waals surface area contributed by atoms with E-state index in [0.29, 0.717) is 33.8 Å². The summed E-state index contributed by atoms with van der Waals surface area (Å²) in [6, 6.07) is 14.1. The quantitative estimate of drug-likeness (QED) is 0.487. The Morgan fingerprint density at radius 1 is 1.09 bits per heavy atom. The standard InChI is InChI=1S/C23H18ClN7O/c1-14-19(22(32)28-18-8-4-10-26-13-18)20(16-6-3-9-25-12-16)31-23(27-14)29-21(30-31)15-5-2-7-17(24)11-15/h2-13,20H,1H3,(H,28,32)(H,27,29,30)/t20-/m0/s1. The van der Waals surface area contributed by atoms with Crippen molar-refractivity contribution in [3.63, 3.8) is 0 Å². The maximum atomic E-state index is 13.4. The first-order valence-corrected chi connectivity index (χ1v) is 10.3. The van der Waals surface area contributed by atoms with Crippen LogP contribution in [0.25, 0.3) is 11.4 Å². The summed E-state index contributed by atoms with van der Waals surface area (Å²) in [6.45, 7) is 1.85. The van der Waals surface area contributed by atoms with Crippen molar-refractivity contribution in [1.82, 2.24) is 24.7 Å². The van der Waals surface area contributed by atoms with E-state index in [-0.39, 0.29) is 5.91 Å². The highest BCUT2D eigenvalue weighted by Gasteiger charge is 2.34. The summed E-state index contributed by atoms with van der Waals surface area (Å²) >= 11 is 6.16. The summed E-state index contributed by atoms with van der Waals surface area (Å²) in [6.07, 6.45) is 6.67. The number of amides is 1. The van der Waals surface area contributed by atoms with E-state index in [1.807, 2.05) is 31.2 Å². The molecular weight excluding hydrogens is 426 g/mol. The van der Waals surface area contributed by atoms with Gasteiger partial charge >= 0.3 is 0 Å². The molecule has 158 valence electrons. The number of hydrogen-bond acceptors (Lipinski definition) is 6. The van der Waals surface area contributed by atoms with Crippen LogP contribution in [0, 0.1) is 0 Å². The molecule has 2 N–H and O–H groups in total. The zero-order valence-corrected chi connectivity index (χ0v) is 17.8. The summed E-state index contributed by atoms with van der Waals surface area (Å²) in [5.41, 5.74) is 3.39. The maximum Gasteiger partial charge on any atom is 0.255 e. The Bertz CT molecular complexity index is 1320. The van der Waals surface area contributed by atoms with Crippen molar-refractivity contribution < 1.29 is 4.79 Å². The van der Waals surface area contributed by atoms with Gasteiger partial charge in [0, 0.05) is 34.9 Å². The minimum Gasteiger partial charge on any atom is -0.328 e. The van der Waals surface area contributed by atoms with Crippen molar-refractivity contribution >= 4 is 29.1 Å². The number of aromatic nitrogens is 5. The molecule has 1 aromatic carbocycles. The zero-order chi connectivity index (χ0) is 22.1. The van der Waals surface area contributed by atoms with Gasteiger partial charge in [-0.1, -0.05) is 29.8 Å². The number of anilines is 2. The Hall–Kier alpha value is -4.04. The smallest absolute Gasteiger partial charge is 0.255 e. The molecule has 0 radical (unpaired) electrons. The lowest BCUT2D eigenvalue weighted by molar-refractivity contribution is -0.113. The Morgan fingerprint density at radius 2 is 1.91 bits per heavy atom. The molecule has 0 bridgehead atoms. The Morgan fingerprint density at radius 3 is 2.62 bits per heavy atom. The van der Waals surface area contributed by atoms with E-state index in [2.05, 4.69) is 25.6 Å².